The van der Waals surface area contributed by atoms with E-state index in [1.165, 1.54) is 9.40 Å². The van der Waals surface area contributed by atoms with Crippen LogP contribution < -0.4 is 0 Å². The number of carbonyl (C=O) groups excluding carboxylic acids is 1. The highest BCUT2D eigenvalue weighted by atomic mass is 35.5. The summed E-state index contributed by atoms with van der Waals surface area (Å²) < 4.78 is 2.49. The Hall–Kier alpha value is -0.380. The molecular weight excluding hydrogens is 212 g/mol. The maximum atomic E-state index is 10.6. The summed E-state index contributed by atoms with van der Waals surface area (Å²) in [5, 5.41) is 1.76. The van der Waals surface area contributed by atoms with Crippen molar-refractivity contribution in [3.8, 4) is 0 Å². The Balaban J connectivity index is 2.38. The molecule has 2 aromatic heterocycles. The molecule has 0 N–H and O–H groups in total. The van der Waals surface area contributed by atoms with E-state index in [0.717, 1.165) is 4.88 Å². The van der Waals surface area contributed by atoms with Crippen molar-refractivity contribution in [2.75, 3.05) is 0 Å². The molecule has 0 aliphatic heterocycles. The van der Waals surface area contributed by atoms with E-state index in [1.54, 1.807) is 22.7 Å². The molecule has 0 fully saturated rings. The molecule has 12 heavy (non-hydrogen) atoms. The average molecular weight is 217 g/mol. The van der Waals surface area contributed by atoms with Crippen molar-refractivity contribution in [1.29, 1.82) is 0 Å². The van der Waals surface area contributed by atoms with Crippen LogP contribution >= 0.6 is 34.3 Å². The zero-order valence-electron chi connectivity index (χ0n) is 6.04. The van der Waals surface area contributed by atoms with Gasteiger partial charge >= 0.3 is 0 Å². The van der Waals surface area contributed by atoms with Crippen LogP contribution in [-0.2, 0) is 11.2 Å². The van der Waals surface area contributed by atoms with Gasteiger partial charge in [-0.2, -0.15) is 0 Å². The smallest absolute Gasteiger partial charge is 0.226 e. The maximum Gasteiger partial charge on any atom is 0.226 e. The number of halogens is 1. The summed E-state index contributed by atoms with van der Waals surface area (Å²) in [6.45, 7) is 0. The van der Waals surface area contributed by atoms with E-state index in [4.69, 9.17) is 11.6 Å². The lowest BCUT2D eigenvalue weighted by Crippen LogP contribution is -1.88. The molecule has 62 valence electrons. The Bertz CT molecular complexity index is 387. The first-order valence-electron chi connectivity index (χ1n) is 3.40. The van der Waals surface area contributed by atoms with Crippen molar-refractivity contribution in [1.82, 2.24) is 0 Å². The monoisotopic (exact) mass is 216 g/mol. The Kier molecular flexibility index (Phi) is 2.17. The van der Waals surface area contributed by atoms with Gasteiger partial charge in [0.05, 0.1) is 6.42 Å². The van der Waals surface area contributed by atoms with Gasteiger partial charge in [-0.3, -0.25) is 4.79 Å². The molecule has 0 saturated carbocycles. The maximum absolute atomic E-state index is 10.6. The topological polar surface area (TPSA) is 17.1 Å². The van der Waals surface area contributed by atoms with Gasteiger partial charge in [-0.25, -0.2) is 0 Å². The molecule has 1 nitrogen and oxygen atoms in total. The van der Waals surface area contributed by atoms with Crippen molar-refractivity contribution in [3.63, 3.8) is 0 Å². The number of thiophene rings is 2. The highest BCUT2D eigenvalue weighted by molar-refractivity contribution is 7.27. The van der Waals surface area contributed by atoms with Gasteiger partial charge in [-0.05, 0) is 29.1 Å². The minimum Gasteiger partial charge on any atom is -0.281 e. The summed E-state index contributed by atoms with van der Waals surface area (Å²) in [6, 6.07) is 4.10. The quantitative estimate of drug-likeness (QED) is 0.705. The zero-order valence-corrected chi connectivity index (χ0v) is 8.43. The highest BCUT2D eigenvalue weighted by Gasteiger charge is 2.05. The molecule has 0 aliphatic carbocycles. The van der Waals surface area contributed by atoms with E-state index in [0.29, 0.717) is 6.42 Å². The first-order chi connectivity index (χ1) is 5.75. The minimum atomic E-state index is -0.288. The third-order valence-corrected chi connectivity index (χ3v) is 3.73. The summed E-state index contributed by atoms with van der Waals surface area (Å²) in [5.41, 5.74) is 0. The van der Waals surface area contributed by atoms with Crippen molar-refractivity contribution >= 4 is 48.9 Å². The predicted molar refractivity (Wildman–Crippen MR) is 54.3 cm³/mol. The summed E-state index contributed by atoms with van der Waals surface area (Å²) >= 11 is 8.61. The third-order valence-electron chi connectivity index (χ3n) is 1.50. The van der Waals surface area contributed by atoms with Gasteiger partial charge in [0.2, 0.25) is 5.24 Å². The molecule has 0 radical (unpaired) electrons. The molecule has 2 rings (SSSR count). The zero-order chi connectivity index (χ0) is 8.55. The van der Waals surface area contributed by atoms with Crippen LogP contribution in [0, 0.1) is 0 Å². The predicted octanol–water partition coefficient (Wildman–Crippen LogP) is 3.27. The third kappa shape index (κ3) is 1.53. The first-order valence-corrected chi connectivity index (χ1v) is 5.47. The van der Waals surface area contributed by atoms with Crippen LogP contribution in [0.1, 0.15) is 4.88 Å². The molecular formula is C8H5ClOS2. The van der Waals surface area contributed by atoms with Gasteiger partial charge in [0.1, 0.15) is 0 Å². The second-order valence-corrected chi connectivity index (χ2v) is 4.93. The molecule has 0 aromatic carbocycles. The summed E-state index contributed by atoms with van der Waals surface area (Å²) in [7, 11) is 0. The van der Waals surface area contributed by atoms with Crippen molar-refractivity contribution < 1.29 is 4.79 Å². The Morgan fingerprint density at radius 2 is 2.33 bits per heavy atom. The van der Waals surface area contributed by atoms with Gasteiger partial charge < -0.3 is 0 Å². The van der Waals surface area contributed by atoms with Crippen LogP contribution in [0.25, 0.3) is 9.40 Å². The first kappa shape index (κ1) is 8.23. The van der Waals surface area contributed by atoms with Crippen LogP contribution in [0.2, 0.25) is 0 Å². The molecule has 2 aromatic rings. The summed E-state index contributed by atoms with van der Waals surface area (Å²) in [5.74, 6) is 0. The molecule has 0 atom stereocenters. The lowest BCUT2D eigenvalue weighted by molar-refractivity contribution is -0.111. The van der Waals surface area contributed by atoms with Crippen molar-refractivity contribution in [2.45, 2.75) is 6.42 Å². The van der Waals surface area contributed by atoms with E-state index < -0.39 is 0 Å². The summed E-state index contributed by atoms with van der Waals surface area (Å²) in [6.07, 6.45) is 0.355. The fraction of sp³-hybridized carbons (Fsp3) is 0.125. The molecule has 0 spiro atoms. The fourth-order valence-electron chi connectivity index (χ4n) is 1.04. The largest absolute Gasteiger partial charge is 0.281 e. The Morgan fingerprint density at radius 3 is 3.00 bits per heavy atom. The Labute approximate surface area is 82.6 Å². The van der Waals surface area contributed by atoms with Gasteiger partial charge in [-0.15, -0.1) is 22.7 Å². The normalized spacial score (nSPS) is 10.8. The van der Waals surface area contributed by atoms with E-state index >= 15 is 0 Å². The molecule has 0 bridgehead atoms. The molecule has 0 aliphatic rings. The second kappa shape index (κ2) is 3.17. The average Bonchev–Trinajstić information content (AvgIpc) is 2.43. The van der Waals surface area contributed by atoms with Crippen LogP contribution in [-0.4, -0.2) is 5.24 Å². The highest BCUT2D eigenvalue weighted by Crippen LogP contribution is 2.30. The van der Waals surface area contributed by atoms with Gasteiger partial charge in [-0.1, -0.05) is 0 Å². The van der Waals surface area contributed by atoms with E-state index in [1.807, 2.05) is 11.4 Å². The lowest BCUT2D eigenvalue weighted by Gasteiger charge is -1.85. The van der Waals surface area contributed by atoms with Crippen LogP contribution in [0.4, 0.5) is 0 Å². The molecule has 4 heteroatoms. The van der Waals surface area contributed by atoms with Gasteiger partial charge in [0.15, 0.2) is 0 Å². The number of rotatable bonds is 2. The molecule has 0 saturated heterocycles. The minimum absolute atomic E-state index is 0.288. The molecule has 2 heterocycles. The van der Waals surface area contributed by atoms with Crippen LogP contribution in [0.5, 0.6) is 0 Å². The lowest BCUT2D eigenvalue weighted by atomic mass is 10.4. The molecule has 0 unspecified atom stereocenters. The van der Waals surface area contributed by atoms with E-state index in [-0.39, 0.29) is 5.24 Å². The number of hydrogen-bond donors (Lipinski definition) is 0. The van der Waals surface area contributed by atoms with Crippen molar-refractivity contribution in [2.24, 2.45) is 0 Å². The number of fused-ring (bicyclic) bond motifs is 1. The summed E-state index contributed by atoms with van der Waals surface area (Å²) in [4.78, 5) is 11.6. The fourth-order valence-corrected chi connectivity index (χ4v) is 3.40. The Morgan fingerprint density at radius 1 is 1.50 bits per heavy atom. The second-order valence-electron chi connectivity index (χ2n) is 2.39. The van der Waals surface area contributed by atoms with Gasteiger partial charge in [0.25, 0.3) is 0 Å². The van der Waals surface area contributed by atoms with Crippen LogP contribution in [0.3, 0.4) is 0 Å². The molecule has 0 amide bonds. The number of carbonyl (C=O) groups is 1. The SMILES string of the molecule is O=C(Cl)Cc1cc2sccc2s1. The van der Waals surface area contributed by atoms with Crippen LogP contribution in [0.15, 0.2) is 17.5 Å². The van der Waals surface area contributed by atoms with E-state index in [9.17, 15) is 4.79 Å². The van der Waals surface area contributed by atoms with Gasteiger partial charge in [0, 0.05) is 14.3 Å². The number of hydrogen-bond acceptors (Lipinski definition) is 3. The standard InChI is InChI=1S/C8H5ClOS2/c9-8(10)4-5-3-7-6(12-5)1-2-11-7/h1-3H,4H2. The van der Waals surface area contributed by atoms with E-state index in [2.05, 4.69) is 6.07 Å². The van der Waals surface area contributed by atoms with Crippen molar-refractivity contribution in [3.05, 3.63) is 22.4 Å².